The molecule has 0 amide bonds. The molecule has 0 fully saturated rings. The van der Waals surface area contributed by atoms with Gasteiger partial charge in [-0.2, -0.15) is 0 Å². The predicted molar refractivity (Wildman–Crippen MR) is 215 cm³/mol. The summed E-state index contributed by atoms with van der Waals surface area (Å²) in [6.07, 6.45) is 0. The number of aromatic nitrogens is 4. The molecule has 0 N–H and O–H groups in total. The summed E-state index contributed by atoms with van der Waals surface area (Å²) in [7, 11) is 0. The zero-order chi connectivity index (χ0) is 34.4. The molecule has 3 heterocycles. The monoisotopic (exact) mass is 664 g/mol. The van der Waals surface area contributed by atoms with Crippen LogP contribution in [0.5, 0.6) is 0 Å². The summed E-state index contributed by atoms with van der Waals surface area (Å²) in [4.78, 5) is 10.2. The lowest BCUT2D eigenvalue weighted by Crippen LogP contribution is -1.97. The third-order valence-electron chi connectivity index (χ3n) is 9.93. The summed E-state index contributed by atoms with van der Waals surface area (Å²) in [5.74, 6) is 0.702. The molecule has 0 bridgehead atoms. The minimum absolute atomic E-state index is 0.702. The van der Waals surface area contributed by atoms with Gasteiger partial charge in [0.15, 0.2) is 5.82 Å². The van der Waals surface area contributed by atoms with Crippen LogP contribution in [0, 0.1) is 0 Å². The van der Waals surface area contributed by atoms with Crippen molar-refractivity contribution in [1.29, 1.82) is 0 Å². The Morgan fingerprint density at radius 2 is 0.885 bits per heavy atom. The van der Waals surface area contributed by atoms with Crippen molar-refractivity contribution in [3.8, 4) is 61.8 Å². The van der Waals surface area contributed by atoms with Gasteiger partial charge in [0.1, 0.15) is 5.65 Å². The lowest BCUT2D eigenvalue weighted by atomic mass is 10.0. The van der Waals surface area contributed by atoms with Crippen molar-refractivity contribution >= 4 is 27.6 Å². The number of imidazole rings is 1. The SMILES string of the molecule is c1ccc(-c2cccc(-c3cc(-c4ccc(-n5c6ccccc6n6c7ccccc7c(-c7ccccc7)c56)cc4)nc(-c4ccccc4)n3)c2)cc1. The standard InChI is InChI=1S/C48H32N4/c1-4-15-33(16-5-1)37-21-14-22-38(31-37)42-32-41(49-47(50-42)36-19-8-3-9-20-36)34-27-29-39(30-28-34)51-44-25-12-13-26-45(44)52-43-24-11-10-23-40(43)46(48(51)52)35-17-6-2-7-18-35/h1-32H. The van der Waals surface area contributed by atoms with Gasteiger partial charge in [-0.25, -0.2) is 9.97 Å². The first-order valence-corrected chi connectivity index (χ1v) is 17.6. The van der Waals surface area contributed by atoms with Crippen molar-refractivity contribution in [3.05, 3.63) is 194 Å². The molecule has 0 saturated heterocycles. The average molecular weight is 665 g/mol. The zero-order valence-corrected chi connectivity index (χ0v) is 28.3. The first kappa shape index (κ1) is 29.8. The normalized spacial score (nSPS) is 11.5. The lowest BCUT2D eigenvalue weighted by Gasteiger charge is -2.12. The molecular formula is C48H32N4. The highest BCUT2D eigenvalue weighted by molar-refractivity contribution is 6.09. The third kappa shape index (κ3) is 5.00. The first-order valence-electron chi connectivity index (χ1n) is 17.6. The minimum Gasteiger partial charge on any atom is -0.293 e. The van der Waals surface area contributed by atoms with Crippen LogP contribution in [0.2, 0.25) is 0 Å². The summed E-state index contributed by atoms with van der Waals surface area (Å²) in [6, 6.07) is 68.4. The Morgan fingerprint density at radius 3 is 1.60 bits per heavy atom. The fourth-order valence-corrected chi connectivity index (χ4v) is 7.52. The number of fused-ring (bicyclic) bond motifs is 5. The molecule has 0 unspecified atom stereocenters. The summed E-state index contributed by atoms with van der Waals surface area (Å²) >= 11 is 0. The molecular weight excluding hydrogens is 633 g/mol. The highest BCUT2D eigenvalue weighted by atomic mass is 15.1. The van der Waals surface area contributed by atoms with E-state index in [4.69, 9.17) is 9.97 Å². The Labute approximate surface area is 301 Å². The fourth-order valence-electron chi connectivity index (χ4n) is 7.52. The van der Waals surface area contributed by atoms with Crippen LogP contribution < -0.4 is 0 Å². The molecule has 10 rings (SSSR count). The van der Waals surface area contributed by atoms with Gasteiger partial charge < -0.3 is 0 Å². The van der Waals surface area contributed by atoms with Gasteiger partial charge in [-0.1, -0.05) is 152 Å². The van der Waals surface area contributed by atoms with Crippen molar-refractivity contribution in [3.63, 3.8) is 0 Å². The number of rotatable bonds is 6. The third-order valence-corrected chi connectivity index (χ3v) is 9.93. The molecule has 0 radical (unpaired) electrons. The zero-order valence-electron chi connectivity index (χ0n) is 28.3. The van der Waals surface area contributed by atoms with Crippen LogP contribution in [0.1, 0.15) is 0 Å². The van der Waals surface area contributed by atoms with E-state index in [-0.39, 0.29) is 0 Å². The van der Waals surface area contributed by atoms with E-state index >= 15 is 0 Å². The van der Waals surface area contributed by atoms with Gasteiger partial charge in [-0.3, -0.25) is 8.97 Å². The van der Waals surface area contributed by atoms with Gasteiger partial charge in [-0.15, -0.1) is 0 Å². The van der Waals surface area contributed by atoms with E-state index in [0.717, 1.165) is 50.5 Å². The maximum Gasteiger partial charge on any atom is 0.160 e. The van der Waals surface area contributed by atoms with E-state index in [0.29, 0.717) is 5.82 Å². The van der Waals surface area contributed by atoms with Gasteiger partial charge in [0.2, 0.25) is 0 Å². The molecule has 0 spiro atoms. The quantitative estimate of drug-likeness (QED) is 0.177. The molecule has 0 aliphatic carbocycles. The second-order valence-electron chi connectivity index (χ2n) is 13.1. The maximum absolute atomic E-state index is 5.13. The van der Waals surface area contributed by atoms with Crippen LogP contribution in [0.25, 0.3) is 89.4 Å². The smallest absolute Gasteiger partial charge is 0.160 e. The topological polar surface area (TPSA) is 35.1 Å². The van der Waals surface area contributed by atoms with E-state index in [1.807, 2.05) is 24.3 Å². The van der Waals surface area contributed by atoms with Crippen LogP contribution in [0.3, 0.4) is 0 Å². The summed E-state index contributed by atoms with van der Waals surface area (Å²) in [6.45, 7) is 0. The summed E-state index contributed by atoms with van der Waals surface area (Å²) < 4.78 is 4.81. The van der Waals surface area contributed by atoms with E-state index in [1.54, 1.807) is 0 Å². The Kier molecular flexibility index (Phi) is 7.10. The van der Waals surface area contributed by atoms with E-state index in [9.17, 15) is 0 Å². The number of hydrogen-bond donors (Lipinski definition) is 0. The molecule has 4 nitrogen and oxygen atoms in total. The molecule has 0 atom stereocenters. The van der Waals surface area contributed by atoms with Crippen molar-refractivity contribution in [2.24, 2.45) is 0 Å². The van der Waals surface area contributed by atoms with Crippen LogP contribution in [-0.4, -0.2) is 18.9 Å². The van der Waals surface area contributed by atoms with Gasteiger partial charge >= 0.3 is 0 Å². The van der Waals surface area contributed by atoms with Crippen molar-refractivity contribution in [1.82, 2.24) is 18.9 Å². The minimum atomic E-state index is 0.702. The van der Waals surface area contributed by atoms with E-state index in [1.165, 1.54) is 33.1 Å². The Balaban J connectivity index is 1.14. The van der Waals surface area contributed by atoms with Crippen LogP contribution >= 0.6 is 0 Å². The molecule has 7 aromatic carbocycles. The summed E-state index contributed by atoms with van der Waals surface area (Å²) in [5.41, 5.74) is 15.3. The van der Waals surface area contributed by atoms with Gasteiger partial charge in [0.25, 0.3) is 0 Å². The van der Waals surface area contributed by atoms with Crippen LogP contribution in [0.4, 0.5) is 0 Å². The number of nitrogens with zero attached hydrogens (tertiary/aromatic N) is 4. The van der Waals surface area contributed by atoms with Gasteiger partial charge in [0, 0.05) is 33.3 Å². The Hall–Kier alpha value is -7.04. The number of para-hydroxylation sites is 3. The molecule has 10 aromatic rings. The first-order chi connectivity index (χ1) is 25.8. The van der Waals surface area contributed by atoms with Crippen molar-refractivity contribution in [2.45, 2.75) is 0 Å². The number of hydrogen-bond acceptors (Lipinski definition) is 2. The Bertz CT molecular complexity index is 2870. The highest BCUT2D eigenvalue weighted by Gasteiger charge is 2.22. The molecule has 0 saturated carbocycles. The maximum atomic E-state index is 5.13. The second kappa shape index (κ2) is 12.4. The van der Waals surface area contributed by atoms with Crippen molar-refractivity contribution < 1.29 is 0 Å². The summed E-state index contributed by atoms with van der Waals surface area (Å²) in [5, 5.41) is 1.23. The average Bonchev–Trinajstić information content (AvgIpc) is 3.74. The van der Waals surface area contributed by atoms with E-state index in [2.05, 4.69) is 179 Å². The highest BCUT2D eigenvalue weighted by Crippen LogP contribution is 2.41. The molecule has 4 heteroatoms. The predicted octanol–water partition coefficient (Wildman–Crippen LogP) is 12.2. The molecule has 244 valence electrons. The molecule has 52 heavy (non-hydrogen) atoms. The molecule has 3 aromatic heterocycles. The Morgan fingerprint density at radius 1 is 0.346 bits per heavy atom. The second-order valence-corrected chi connectivity index (χ2v) is 13.1. The lowest BCUT2D eigenvalue weighted by molar-refractivity contribution is 1.14. The number of benzene rings is 7. The van der Waals surface area contributed by atoms with Crippen molar-refractivity contribution in [2.75, 3.05) is 0 Å². The van der Waals surface area contributed by atoms with Gasteiger partial charge in [0.05, 0.1) is 27.9 Å². The molecule has 0 aliphatic rings. The van der Waals surface area contributed by atoms with Gasteiger partial charge in [-0.05, 0) is 59.2 Å². The largest absolute Gasteiger partial charge is 0.293 e. The van der Waals surface area contributed by atoms with E-state index < -0.39 is 0 Å². The van der Waals surface area contributed by atoms with Crippen LogP contribution in [-0.2, 0) is 0 Å². The molecule has 0 aliphatic heterocycles. The fraction of sp³-hybridized carbons (Fsp3) is 0. The van der Waals surface area contributed by atoms with Crippen LogP contribution in [0.15, 0.2) is 194 Å².